The Hall–Kier alpha value is -3.65. The number of amides is 2. The molecule has 4 rings (SSSR count). The lowest BCUT2D eigenvalue weighted by atomic mass is 10.0. The molecular formula is C23H13ClF4N2O2. The molecule has 3 aromatic carbocycles. The summed E-state index contributed by atoms with van der Waals surface area (Å²) in [5.41, 5.74) is -0.957. The van der Waals surface area contributed by atoms with Crippen molar-refractivity contribution in [2.45, 2.75) is 6.18 Å². The molecule has 1 aliphatic heterocycles. The van der Waals surface area contributed by atoms with Gasteiger partial charge in [-0.05, 0) is 54.1 Å². The van der Waals surface area contributed by atoms with Crippen LogP contribution in [-0.2, 0) is 15.8 Å². The van der Waals surface area contributed by atoms with Crippen LogP contribution in [0.2, 0.25) is 5.02 Å². The van der Waals surface area contributed by atoms with Gasteiger partial charge in [-0.15, -0.1) is 0 Å². The summed E-state index contributed by atoms with van der Waals surface area (Å²) in [6.07, 6.45) is -4.59. The van der Waals surface area contributed by atoms with Crippen molar-refractivity contribution in [3.05, 3.63) is 100 Å². The molecule has 0 unspecified atom stereocenters. The van der Waals surface area contributed by atoms with Gasteiger partial charge >= 0.3 is 6.18 Å². The standard InChI is InChI=1S/C23H13ClF4N2O2/c24-15-9-7-13(8-10-15)19-20(29-17-5-1-3-14(11-17)23(26,27)28)22(32)30(21(19)31)18-6-2-4-16(25)12-18/h1-12,29H. The van der Waals surface area contributed by atoms with Gasteiger partial charge in [0.1, 0.15) is 11.5 Å². The van der Waals surface area contributed by atoms with Gasteiger partial charge in [0.25, 0.3) is 11.8 Å². The van der Waals surface area contributed by atoms with Crippen LogP contribution in [0.3, 0.4) is 0 Å². The van der Waals surface area contributed by atoms with Crippen molar-refractivity contribution in [1.82, 2.24) is 0 Å². The van der Waals surface area contributed by atoms with Crippen molar-refractivity contribution in [3.63, 3.8) is 0 Å². The Morgan fingerprint density at radius 3 is 2.19 bits per heavy atom. The first-order valence-electron chi connectivity index (χ1n) is 9.24. The highest BCUT2D eigenvalue weighted by Crippen LogP contribution is 2.36. The van der Waals surface area contributed by atoms with Gasteiger partial charge < -0.3 is 5.32 Å². The van der Waals surface area contributed by atoms with E-state index in [4.69, 9.17) is 11.6 Å². The highest BCUT2D eigenvalue weighted by atomic mass is 35.5. The number of hydrogen-bond acceptors (Lipinski definition) is 3. The Morgan fingerprint density at radius 1 is 0.844 bits per heavy atom. The Bertz CT molecular complexity index is 1250. The predicted octanol–water partition coefficient (Wildman–Crippen LogP) is 5.89. The maximum absolute atomic E-state index is 13.7. The van der Waals surface area contributed by atoms with Crippen molar-refractivity contribution in [3.8, 4) is 0 Å². The number of rotatable bonds is 4. The molecule has 1 heterocycles. The Kier molecular flexibility index (Phi) is 5.48. The molecular weight excluding hydrogens is 448 g/mol. The molecule has 3 aromatic rings. The molecule has 162 valence electrons. The van der Waals surface area contributed by atoms with Crippen LogP contribution < -0.4 is 10.2 Å². The SMILES string of the molecule is O=C1C(Nc2cccc(C(F)(F)F)c2)=C(c2ccc(Cl)cc2)C(=O)N1c1cccc(F)c1. The first-order valence-corrected chi connectivity index (χ1v) is 9.62. The van der Waals surface area contributed by atoms with Crippen LogP contribution in [0.5, 0.6) is 0 Å². The van der Waals surface area contributed by atoms with Crippen LogP contribution in [0.1, 0.15) is 11.1 Å². The van der Waals surface area contributed by atoms with Gasteiger partial charge in [0.15, 0.2) is 0 Å². The summed E-state index contributed by atoms with van der Waals surface area (Å²) >= 11 is 5.91. The van der Waals surface area contributed by atoms with Gasteiger partial charge in [0.05, 0.1) is 16.8 Å². The van der Waals surface area contributed by atoms with E-state index in [-0.39, 0.29) is 22.6 Å². The fraction of sp³-hybridized carbons (Fsp3) is 0.0435. The molecule has 4 nitrogen and oxygen atoms in total. The largest absolute Gasteiger partial charge is 0.416 e. The topological polar surface area (TPSA) is 49.4 Å². The molecule has 0 saturated carbocycles. The zero-order chi connectivity index (χ0) is 23.0. The van der Waals surface area contributed by atoms with Crippen molar-refractivity contribution in [1.29, 1.82) is 0 Å². The second kappa shape index (κ2) is 8.12. The van der Waals surface area contributed by atoms with Crippen LogP contribution in [0.25, 0.3) is 5.57 Å². The number of carbonyl (C=O) groups is 2. The first kappa shape index (κ1) is 21.6. The average molecular weight is 461 g/mol. The van der Waals surface area contributed by atoms with Gasteiger partial charge in [0, 0.05) is 10.7 Å². The number of nitrogens with zero attached hydrogens (tertiary/aromatic N) is 1. The third kappa shape index (κ3) is 4.09. The van der Waals surface area contributed by atoms with E-state index < -0.39 is 29.4 Å². The molecule has 2 amide bonds. The summed E-state index contributed by atoms with van der Waals surface area (Å²) in [5.74, 6) is -2.24. The third-order valence-corrected chi connectivity index (χ3v) is 4.99. The number of hydrogen-bond donors (Lipinski definition) is 1. The first-order chi connectivity index (χ1) is 15.1. The molecule has 1 N–H and O–H groups in total. The molecule has 0 aliphatic carbocycles. The second-order valence-corrected chi connectivity index (χ2v) is 7.32. The zero-order valence-electron chi connectivity index (χ0n) is 16.1. The van der Waals surface area contributed by atoms with Gasteiger partial charge in [-0.1, -0.05) is 35.9 Å². The molecule has 0 radical (unpaired) electrons. The minimum Gasteiger partial charge on any atom is -0.350 e. The summed E-state index contributed by atoms with van der Waals surface area (Å²) in [5, 5.41) is 3.04. The molecule has 0 bridgehead atoms. The van der Waals surface area contributed by atoms with Crippen molar-refractivity contribution < 1.29 is 27.2 Å². The molecule has 9 heteroatoms. The average Bonchev–Trinajstić information content (AvgIpc) is 2.98. The molecule has 0 saturated heterocycles. The monoisotopic (exact) mass is 460 g/mol. The van der Waals surface area contributed by atoms with E-state index in [1.165, 1.54) is 48.5 Å². The minimum atomic E-state index is -4.59. The Labute approximate surface area is 184 Å². The summed E-state index contributed by atoms with van der Waals surface area (Å²) < 4.78 is 53.1. The Morgan fingerprint density at radius 2 is 1.53 bits per heavy atom. The summed E-state index contributed by atoms with van der Waals surface area (Å²) in [7, 11) is 0. The zero-order valence-corrected chi connectivity index (χ0v) is 16.8. The van der Waals surface area contributed by atoms with Crippen molar-refractivity contribution in [2.24, 2.45) is 0 Å². The lowest BCUT2D eigenvalue weighted by Gasteiger charge is -2.15. The van der Waals surface area contributed by atoms with E-state index in [1.54, 1.807) is 0 Å². The summed E-state index contributed by atoms with van der Waals surface area (Å²) in [6.45, 7) is 0. The molecule has 0 atom stereocenters. The smallest absolute Gasteiger partial charge is 0.350 e. The van der Waals surface area contributed by atoms with E-state index in [0.29, 0.717) is 10.6 Å². The maximum atomic E-state index is 13.7. The molecule has 0 fully saturated rings. The van der Waals surface area contributed by atoms with Crippen molar-refractivity contribution in [2.75, 3.05) is 10.2 Å². The maximum Gasteiger partial charge on any atom is 0.416 e. The van der Waals surface area contributed by atoms with Crippen LogP contribution >= 0.6 is 11.6 Å². The number of benzene rings is 3. The van der Waals surface area contributed by atoms with E-state index in [9.17, 15) is 27.2 Å². The van der Waals surface area contributed by atoms with E-state index in [2.05, 4.69) is 5.32 Å². The second-order valence-electron chi connectivity index (χ2n) is 6.89. The highest BCUT2D eigenvalue weighted by Gasteiger charge is 2.40. The number of carbonyl (C=O) groups excluding carboxylic acids is 2. The lowest BCUT2D eigenvalue weighted by Crippen LogP contribution is -2.32. The van der Waals surface area contributed by atoms with Gasteiger partial charge in [-0.25, -0.2) is 9.29 Å². The van der Waals surface area contributed by atoms with E-state index in [1.807, 2.05) is 0 Å². The number of imide groups is 1. The summed E-state index contributed by atoms with van der Waals surface area (Å²) in [6, 6.07) is 15.2. The van der Waals surface area contributed by atoms with Gasteiger partial charge in [0.2, 0.25) is 0 Å². The van der Waals surface area contributed by atoms with Gasteiger partial charge in [-0.3, -0.25) is 9.59 Å². The molecule has 0 aromatic heterocycles. The molecule has 1 aliphatic rings. The van der Waals surface area contributed by atoms with E-state index in [0.717, 1.165) is 29.2 Å². The number of halogens is 5. The normalized spacial score (nSPS) is 14.3. The van der Waals surface area contributed by atoms with Crippen LogP contribution in [0, 0.1) is 5.82 Å². The quantitative estimate of drug-likeness (QED) is 0.390. The predicted molar refractivity (Wildman–Crippen MR) is 112 cm³/mol. The van der Waals surface area contributed by atoms with Crippen LogP contribution in [0.15, 0.2) is 78.5 Å². The number of anilines is 2. The van der Waals surface area contributed by atoms with Crippen molar-refractivity contribution >= 4 is 40.4 Å². The number of nitrogens with one attached hydrogen (secondary N) is 1. The van der Waals surface area contributed by atoms with E-state index >= 15 is 0 Å². The fourth-order valence-electron chi connectivity index (χ4n) is 3.30. The summed E-state index contributed by atoms with van der Waals surface area (Å²) in [4.78, 5) is 27.2. The highest BCUT2D eigenvalue weighted by molar-refractivity contribution is 6.46. The number of alkyl halides is 3. The van der Waals surface area contributed by atoms with Gasteiger partial charge in [-0.2, -0.15) is 13.2 Å². The minimum absolute atomic E-state index is 0.00712. The van der Waals surface area contributed by atoms with Crippen LogP contribution in [0.4, 0.5) is 28.9 Å². The fourth-order valence-corrected chi connectivity index (χ4v) is 3.42. The third-order valence-electron chi connectivity index (χ3n) is 4.74. The van der Waals surface area contributed by atoms with Crippen LogP contribution in [-0.4, -0.2) is 11.8 Å². The Balaban J connectivity index is 1.82. The molecule has 32 heavy (non-hydrogen) atoms. The molecule has 0 spiro atoms. The lowest BCUT2D eigenvalue weighted by molar-refractivity contribution is -0.137.